The smallest absolute Gasteiger partial charge is 0.255 e. The molecule has 5 aromatic rings. The van der Waals surface area contributed by atoms with E-state index in [1.807, 2.05) is 51.8 Å². The summed E-state index contributed by atoms with van der Waals surface area (Å²) in [5.74, 6) is 1.41. The standard InChI is InChI=1S/C28H24Cl2N6O/c1-18-6-4-7-19(16-18)25-32-33-26-22-11-10-20(29)17-24(22)31-28(36(25)26)35-13-5-12-34(14-15-35)27(37)21-8-2-3-9-23(21)30/h2-4,6-11,16-17H,5,12-15H2,1H3. The van der Waals surface area contributed by atoms with Crippen LogP contribution in [-0.4, -0.2) is 56.6 Å². The Bertz CT molecular complexity index is 1650. The van der Waals surface area contributed by atoms with Crippen LogP contribution in [0.25, 0.3) is 27.9 Å². The lowest BCUT2D eigenvalue weighted by molar-refractivity contribution is 0.0767. The molecule has 1 aliphatic rings. The van der Waals surface area contributed by atoms with Crippen LogP contribution in [0.15, 0.2) is 66.7 Å². The van der Waals surface area contributed by atoms with Crippen LogP contribution in [-0.2, 0) is 0 Å². The van der Waals surface area contributed by atoms with Gasteiger partial charge in [0.25, 0.3) is 5.91 Å². The van der Waals surface area contributed by atoms with Crippen molar-refractivity contribution in [1.29, 1.82) is 0 Å². The number of aryl methyl sites for hydroxylation is 1. The molecule has 186 valence electrons. The molecule has 2 aromatic heterocycles. The molecule has 1 amide bonds. The third kappa shape index (κ3) is 4.38. The summed E-state index contributed by atoms with van der Waals surface area (Å²) < 4.78 is 2.02. The Morgan fingerprint density at radius 1 is 0.892 bits per heavy atom. The molecular weight excluding hydrogens is 507 g/mol. The topological polar surface area (TPSA) is 66.6 Å². The second kappa shape index (κ2) is 9.65. The lowest BCUT2D eigenvalue weighted by atomic mass is 10.1. The molecule has 0 radical (unpaired) electrons. The molecule has 3 aromatic carbocycles. The van der Waals surface area contributed by atoms with Crippen LogP contribution in [0.1, 0.15) is 22.3 Å². The van der Waals surface area contributed by atoms with Crippen LogP contribution in [0, 0.1) is 6.92 Å². The first-order chi connectivity index (χ1) is 18.0. The van der Waals surface area contributed by atoms with E-state index in [4.69, 9.17) is 28.2 Å². The summed E-state index contributed by atoms with van der Waals surface area (Å²) in [5.41, 5.74) is 4.11. The fourth-order valence-corrected chi connectivity index (χ4v) is 5.28. The second-order valence-corrected chi connectivity index (χ2v) is 10.1. The van der Waals surface area contributed by atoms with Gasteiger partial charge >= 0.3 is 0 Å². The fraction of sp³-hybridized carbons (Fsp3) is 0.214. The summed E-state index contributed by atoms with van der Waals surface area (Å²) in [7, 11) is 0. The van der Waals surface area contributed by atoms with E-state index in [2.05, 4.69) is 34.2 Å². The molecule has 0 N–H and O–H groups in total. The molecule has 0 bridgehead atoms. The molecule has 37 heavy (non-hydrogen) atoms. The third-order valence-electron chi connectivity index (χ3n) is 6.73. The zero-order valence-corrected chi connectivity index (χ0v) is 21.7. The molecule has 0 unspecified atom stereocenters. The fourth-order valence-electron chi connectivity index (χ4n) is 4.90. The van der Waals surface area contributed by atoms with E-state index in [0.717, 1.165) is 52.4 Å². The van der Waals surface area contributed by atoms with Gasteiger partial charge in [-0.3, -0.25) is 4.79 Å². The predicted molar refractivity (Wildman–Crippen MR) is 148 cm³/mol. The summed E-state index contributed by atoms with van der Waals surface area (Å²) in [6.07, 6.45) is 0.787. The van der Waals surface area contributed by atoms with Crippen molar-refractivity contribution >= 4 is 51.6 Å². The molecule has 0 saturated carbocycles. The summed E-state index contributed by atoms with van der Waals surface area (Å²) in [5, 5.41) is 11.1. The van der Waals surface area contributed by atoms with Crippen molar-refractivity contribution in [1.82, 2.24) is 24.5 Å². The van der Waals surface area contributed by atoms with E-state index in [-0.39, 0.29) is 5.91 Å². The molecule has 0 spiro atoms. The number of aromatic nitrogens is 4. The first-order valence-corrected chi connectivity index (χ1v) is 13.0. The lowest BCUT2D eigenvalue weighted by Crippen LogP contribution is -2.36. The van der Waals surface area contributed by atoms with Gasteiger partial charge in [0.15, 0.2) is 11.5 Å². The number of rotatable bonds is 3. The largest absolute Gasteiger partial charge is 0.340 e. The first kappa shape index (κ1) is 23.7. The van der Waals surface area contributed by atoms with Crippen molar-refractivity contribution in [3.63, 3.8) is 0 Å². The highest BCUT2D eigenvalue weighted by Gasteiger charge is 2.25. The Balaban J connectivity index is 1.43. The van der Waals surface area contributed by atoms with Crippen LogP contribution in [0.4, 0.5) is 5.95 Å². The van der Waals surface area contributed by atoms with Crippen LogP contribution in [0.3, 0.4) is 0 Å². The van der Waals surface area contributed by atoms with E-state index >= 15 is 0 Å². The number of halogens is 2. The van der Waals surface area contributed by atoms with Gasteiger partial charge in [-0.2, -0.15) is 0 Å². The van der Waals surface area contributed by atoms with E-state index in [1.54, 1.807) is 12.1 Å². The number of carbonyl (C=O) groups is 1. The molecule has 1 saturated heterocycles. The molecule has 9 heteroatoms. The molecule has 3 heterocycles. The third-order valence-corrected chi connectivity index (χ3v) is 7.30. The monoisotopic (exact) mass is 530 g/mol. The van der Waals surface area contributed by atoms with Gasteiger partial charge in [0, 0.05) is 42.2 Å². The molecule has 7 nitrogen and oxygen atoms in total. The maximum absolute atomic E-state index is 13.2. The second-order valence-electron chi connectivity index (χ2n) is 9.24. The van der Waals surface area contributed by atoms with Crippen LogP contribution >= 0.6 is 23.2 Å². The quantitative estimate of drug-likeness (QED) is 0.290. The zero-order valence-electron chi connectivity index (χ0n) is 20.2. The first-order valence-electron chi connectivity index (χ1n) is 12.2. The summed E-state index contributed by atoms with van der Waals surface area (Å²) in [6, 6.07) is 21.0. The highest BCUT2D eigenvalue weighted by Crippen LogP contribution is 2.30. The van der Waals surface area contributed by atoms with Crippen molar-refractivity contribution in [2.45, 2.75) is 13.3 Å². The van der Waals surface area contributed by atoms with E-state index in [1.165, 1.54) is 0 Å². The Kier molecular flexibility index (Phi) is 6.18. The maximum atomic E-state index is 13.2. The zero-order chi connectivity index (χ0) is 25.5. The van der Waals surface area contributed by atoms with Crippen LogP contribution in [0.2, 0.25) is 10.0 Å². The minimum atomic E-state index is -0.0550. The number of nitrogens with zero attached hydrogens (tertiary/aromatic N) is 6. The van der Waals surface area contributed by atoms with Gasteiger partial charge in [-0.15, -0.1) is 10.2 Å². The number of anilines is 1. The lowest BCUT2D eigenvalue weighted by Gasteiger charge is -2.24. The van der Waals surface area contributed by atoms with Gasteiger partial charge in [0.1, 0.15) is 0 Å². The summed E-state index contributed by atoms with van der Waals surface area (Å²) in [4.78, 5) is 22.4. The Morgan fingerprint density at radius 2 is 1.76 bits per heavy atom. The maximum Gasteiger partial charge on any atom is 0.255 e. The van der Waals surface area contributed by atoms with Gasteiger partial charge in [-0.05, 0) is 49.7 Å². The van der Waals surface area contributed by atoms with Gasteiger partial charge in [-0.25, -0.2) is 9.38 Å². The average Bonchev–Trinajstić information content (AvgIpc) is 3.19. The van der Waals surface area contributed by atoms with Crippen molar-refractivity contribution in [2.24, 2.45) is 0 Å². The van der Waals surface area contributed by atoms with E-state index < -0.39 is 0 Å². The Morgan fingerprint density at radius 3 is 2.59 bits per heavy atom. The SMILES string of the molecule is Cc1cccc(-c2nnc3c4ccc(Cl)cc4nc(N4CCCN(C(=O)c5ccccc5Cl)CC4)n23)c1. The van der Waals surface area contributed by atoms with Crippen LogP contribution < -0.4 is 4.90 Å². The minimum absolute atomic E-state index is 0.0550. The number of fused-ring (bicyclic) bond motifs is 3. The molecule has 0 aliphatic carbocycles. The summed E-state index contributed by atoms with van der Waals surface area (Å²) >= 11 is 12.6. The van der Waals surface area contributed by atoms with Gasteiger partial charge in [0.05, 0.1) is 16.1 Å². The van der Waals surface area contributed by atoms with Gasteiger partial charge in [0.2, 0.25) is 5.95 Å². The van der Waals surface area contributed by atoms with Crippen molar-refractivity contribution < 1.29 is 4.79 Å². The number of amides is 1. The summed E-state index contributed by atoms with van der Waals surface area (Å²) in [6.45, 7) is 4.57. The Labute approximate surface area is 224 Å². The normalized spacial score (nSPS) is 14.4. The molecular formula is C28H24Cl2N6O. The van der Waals surface area contributed by atoms with Gasteiger partial charge in [-0.1, -0.05) is 59.1 Å². The van der Waals surface area contributed by atoms with Crippen molar-refractivity contribution in [3.05, 3.63) is 87.9 Å². The average molecular weight is 531 g/mol. The van der Waals surface area contributed by atoms with E-state index in [9.17, 15) is 4.79 Å². The van der Waals surface area contributed by atoms with Crippen molar-refractivity contribution in [2.75, 3.05) is 31.1 Å². The number of hydrogen-bond donors (Lipinski definition) is 0. The van der Waals surface area contributed by atoms with Crippen LogP contribution in [0.5, 0.6) is 0 Å². The molecule has 0 atom stereocenters. The van der Waals surface area contributed by atoms with Crippen molar-refractivity contribution in [3.8, 4) is 11.4 Å². The number of benzene rings is 3. The molecule has 6 rings (SSSR count). The minimum Gasteiger partial charge on any atom is -0.340 e. The Hall–Kier alpha value is -3.68. The predicted octanol–water partition coefficient (Wildman–Crippen LogP) is 5.91. The molecule has 1 aliphatic heterocycles. The number of hydrogen-bond acceptors (Lipinski definition) is 5. The van der Waals surface area contributed by atoms with E-state index in [0.29, 0.717) is 35.2 Å². The molecule has 1 fully saturated rings. The highest BCUT2D eigenvalue weighted by molar-refractivity contribution is 6.33. The highest BCUT2D eigenvalue weighted by atomic mass is 35.5. The van der Waals surface area contributed by atoms with Gasteiger partial charge < -0.3 is 9.80 Å². The number of carbonyl (C=O) groups excluding carboxylic acids is 1.